The Balaban J connectivity index is 1.82. The van der Waals surface area contributed by atoms with Crippen molar-refractivity contribution in [3.8, 4) is 0 Å². The molecule has 0 bridgehead atoms. The summed E-state index contributed by atoms with van der Waals surface area (Å²) in [4.78, 5) is 35.4. The summed E-state index contributed by atoms with van der Waals surface area (Å²) in [5.74, 6) is -0.647. The topological polar surface area (TPSA) is 123 Å². The third-order valence-electron chi connectivity index (χ3n) is 3.22. The summed E-state index contributed by atoms with van der Waals surface area (Å²) in [6, 6.07) is 9.93. The van der Waals surface area contributed by atoms with E-state index >= 15 is 0 Å². The Kier molecular flexibility index (Phi) is 5.79. The number of carbonyl (C=O) groups is 1. The fraction of sp³-hybridized carbons (Fsp3) is 0. The first-order valence-corrected chi connectivity index (χ1v) is 8.63. The number of amides is 1. The molecular formula is C16H11ClN6O3S. The van der Waals surface area contributed by atoms with Gasteiger partial charge in [-0.25, -0.2) is 9.97 Å². The highest BCUT2D eigenvalue weighted by Gasteiger charge is 2.24. The van der Waals surface area contributed by atoms with Crippen molar-refractivity contribution in [1.82, 2.24) is 20.4 Å². The molecule has 1 aromatic carbocycles. The van der Waals surface area contributed by atoms with Gasteiger partial charge in [0.1, 0.15) is 6.33 Å². The van der Waals surface area contributed by atoms with Gasteiger partial charge in [0.05, 0.1) is 10.5 Å². The second-order valence-corrected chi connectivity index (χ2v) is 6.51. The smallest absolute Gasteiger partial charge is 0.276 e. The average molecular weight is 403 g/mol. The van der Waals surface area contributed by atoms with Crippen molar-refractivity contribution in [2.24, 2.45) is 0 Å². The van der Waals surface area contributed by atoms with Crippen LogP contribution in [0.4, 0.5) is 11.5 Å². The zero-order valence-corrected chi connectivity index (χ0v) is 15.1. The Morgan fingerprint density at radius 2 is 1.96 bits per heavy atom. The molecule has 2 aromatic heterocycles. The molecule has 3 rings (SSSR count). The molecule has 0 fully saturated rings. The van der Waals surface area contributed by atoms with E-state index in [1.54, 1.807) is 36.4 Å². The number of nitro groups is 1. The van der Waals surface area contributed by atoms with Gasteiger partial charge in [-0.2, -0.15) is 0 Å². The second kappa shape index (κ2) is 8.43. The fourth-order valence-electron chi connectivity index (χ4n) is 1.99. The molecule has 0 saturated carbocycles. The molecule has 3 aromatic rings. The van der Waals surface area contributed by atoms with E-state index in [1.807, 2.05) is 0 Å². The summed E-state index contributed by atoms with van der Waals surface area (Å²) < 4.78 is 0. The fourth-order valence-corrected chi connectivity index (χ4v) is 2.98. The van der Waals surface area contributed by atoms with Gasteiger partial charge in [0.2, 0.25) is 5.82 Å². The maximum atomic E-state index is 12.1. The van der Waals surface area contributed by atoms with Crippen LogP contribution in [0, 0.1) is 10.1 Å². The molecule has 0 spiro atoms. The predicted molar refractivity (Wildman–Crippen MR) is 99.6 cm³/mol. The van der Waals surface area contributed by atoms with Crippen LogP contribution in [0.1, 0.15) is 10.4 Å². The Hall–Kier alpha value is -3.24. The number of hydrogen-bond acceptors (Lipinski definition) is 8. The van der Waals surface area contributed by atoms with Crippen LogP contribution in [0.5, 0.6) is 0 Å². The normalized spacial score (nSPS) is 10.3. The number of benzene rings is 1. The molecule has 0 aliphatic heterocycles. The monoisotopic (exact) mass is 402 g/mol. The van der Waals surface area contributed by atoms with Crippen LogP contribution in [-0.4, -0.2) is 25.8 Å². The zero-order valence-electron chi connectivity index (χ0n) is 13.5. The van der Waals surface area contributed by atoms with Gasteiger partial charge in [0.25, 0.3) is 5.91 Å². The van der Waals surface area contributed by atoms with Crippen LogP contribution in [0.25, 0.3) is 0 Å². The number of nitrogens with one attached hydrogen (secondary N) is 2. The van der Waals surface area contributed by atoms with Crippen LogP contribution >= 0.6 is 23.4 Å². The molecule has 0 aliphatic rings. The summed E-state index contributed by atoms with van der Waals surface area (Å²) in [5, 5.41) is 12.2. The number of nitrogens with zero attached hydrogens (tertiary/aromatic N) is 4. The molecule has 0 aliphatic carbocycles. The van der Waals surface area contributed by atoms with E-state index in [9.17, 15) is 14.9 Å². The Morgan fingerprint density at radius 1 is 1.19 bits per heavy atom. The van der Waals surface area contributed by atoms with Gasteiger partial charge in [-0.05, 0) is 36.4 Å². The SMILES string of the molecule is O=C(NNc1ncnc(Sc2ccc(Cl)cc2)c1[N+](=O)[O-])c1cccnc1. The van der Waals surface area contributed by atoms with Crippen molar-refractivity contribution in [2.45, 2.75) is 9.92 Å². The van der Waals surface area contributed by atoms with Crippen molar-refractivity contribution < 1.29 is 9.72 Å². The summed E-state index contributed by atoms with van der Waals surface area (Å²) >= 11 is 6.93. The minimum Gasteiger partial charge on any atom is -0.276 e. The van der Waals surface area contributed by atoms with E-state index in [-0.39, 0.29) is 22.1 Å². The number of hydrogen-bond donors (Lipinski definition) is 2. The molecule has 2 heterocycles. The maximum absolute atomic E-state index is 12.1. The molecule has 27 heavy (non-hydrogen) atoms. The first-order chi connectivity index (χ1) is 13.0. The van der Waals surface area contributed by atoms with Gasteiger partial charge < -0.3 is 0 Å². The van der Waals surface area contributed by atoms with Gasteiger partial charge in [0, 0.05) is 22.3 Å². The van der Waals surface area contributed by atoms with Crippen LogP contribution in [0.15, 0.2) is 65.0 Å². The summed E-state index contributed by atoms with van der Waals surface area (Å²) in [6.45, 7) is 0. The lowest BCUT2D eigenvalue weighted by Gasteiger charge is -2.09. The second-order valence-electron chi connectivity index (χ2n) is 5.01. The van der Waals surface area contributed by atoms with Crippen LogP contribution < -0.4 is 10.9 Å². The molecule has 1 amide bonds. The predicted octanol–water partition coefficient (Wildman–Crippen LogP) is 3.34. The lowest BCUT2D eigenvalue weighted by molar-refractivity contribution is -0.387. The first-order valence-electron chi connectivity index (χ1n) is 7.44. The molecule has 0 radical (unpaired) electrons. The van der Waals surface area contributed by atoms with Gasteiger partial charge in [-0.15, -0.1) is 0 Å². The third kappa shape index (κ3) is 4.68. The number of hydrazine groups is 1. The van der Waals surface area contributed by atoms with Crippen molar-refractivity contribution in [2.75, 3.05) is 5.43 Å². The third-order valence-corrected chi connectivity index (χ3v) is 4.47. The van der Waals surface area contributed by atoms with E-state index in [0.717, 1.165) is 11.8 Å². The lowest BCUT2D eigenvalue weighted by Crippen LogP contribution is -2.30. The number of rotatable bonds is 6. The molecule has 0 atom stereocenters. The Bertz CT molecular complexity index is 972. The average Bonchev–Trinajstić information content (AvgIpc) is 2.68. The van der Waals surface area contributed by atoms with E-state index in [1.165, 1.54) is 18.7 Å². The van der Waals surface area contributed by atoms with Crippen molar-refractivity contribution >= 4 is 40.8 Å². The van der Waals surface area contributed by atoms with Crippen LogP contribution in [0.3, 0.4) is 0 Å². The highest BCUT2D eigenvalue weighted by molar-refractivity contribution is 7.99. The number of pyridine rings is 1. The molecule has 2 N–H and O–H groups in total. The van der Waals surface area contributed by atoms with Gasteiger partial charge >= 0.3 is 5.69 Å². The largest absolute Gasteiger partial charge is 0.345 e. The van der Waals surface area contributed by atoms with Crippen molar-refractivity contribution in [1.29, 1.82) is 0 Å². The van der Waals surface area contributed by atoms with Crippen LogP contribution in [-0.2, 0) is 0 Å². The van der Waals surface area contributed by atoms with Crippen molar-refractivity contribution in [3.05, 3.63) is 75.8 Å². The molecular weight excluding hydrogens is 392 g/mol. The summed E-state index contributed by atoms with van der Waals surface area (Å²) in [5.41, 5.74) is 4.76. The lowest BCUT2D eigenvalue weighted by atomic mass is 10.3. The van der Waals surface area contributed by atoms with E-state index in [2.05, 4.69) is 25.8 Å². The number of anilines is 1. The minimum atomic E-state index is -0.614. The zero-order chi connectivity index (χ0) is 19.2. The summed E-state index contributed by atoms with van der Waals surface area (Å²) in [6.07, 6.45) is 4.07. The molecule has 11 heteroatoms. The quantitative estimate of drug-likeness (QED) is 0.365. The highest BCUT2D eigenvalue weighted by atomic mass is 35.5. The van der Waals surface area contributed by atoms with Crippen molar-refractivity contribution in [3.63, 3.8) is 0 Å². The first kappa shape index (κ1) is 18.5. The van der Waals surface area contributed by atoms with E-state index < -0.39 is 10.8 Å². The standard InChI is InChI=1S/C16H11ClN6O3S/c17-11-3-5-12(6-4-11)27-16-13(23(25)26)14(19-9-20-16)21-22-15(24)10-2-1-7-18-8-10/h1-9H,(H,22,24)(H,19,20,21). The van der Waals surface area contributed by atoms with Gasteiger partial charge in [-0.1, -0.05) is 23.4 Å². The number of carbonyl (C=O) groups excluding carboxylic acids is 1. The highest BCUT2D eigenvalue weighted by Crippen LogP contribution is 2.36. The van der Waals surface area contributed by atoms with E-state index in [4.69, 9.17) is 11.6 Å². The van der Waals surface area contributed by atoms with Gasteiger partial charge in [0.15, 0.2) is 5.03 Å². The van der Waals surface area contributed by atoms with E-state index in [0.29, 0.717) is 9.92 Å². The maximum Gasteiger partial charge on any atom is 0.345 e. The molecule has 136 valence electrons. The van der Waals surface area contributed by atoms with Crippen LogP contribution in [0.2, 0.25) is 5.02 Å². The molecule has 0 saturated heterocycles. The van der Waals surface area contributed by atoms with Gasteiger partial charge in [-0.3, -0.25) is 30.7 Å². The number of halogens is 1. The Labute approximate surface area is 162 Å². The molecule has 0 unspecified atom stereocenters. The minimum absolute atomic E-state index is 0.121. The number of aromatic nitrogens is 3. The summed E-state index contributed by atoms with van der Waals surface area (Å²) in [7, 11) is 0. The Morgan fingerprint density at radius 3 is 2.63 bits per heavy atom. The molecule has 9 nitrogen and oxygen atoms in total.